The monoisotopic (exact) mass is 303 g/mol. The molecule has 2 N–H and O–H groups in total. The summed E-state index contributed by atoms with van der Waals surface area (Å²) in [6, 6.07) is 3.83. The third-order valence-electron chi connectivity index (χ3n) is 3.29. The van der Waals surface area contributed by atoms with Gasteiger partial charge in [-0.1, -0.05) is 6.08 Å². The van der Waals surface area contributed by atoms with Gasteiger partial charge in [-0.15, -0.1) is 17.9 Å². The zero-order valence-corrected chi connectivity index (χ0v) is 13.8. The van der Waals surface area contributed by atoms with E-state index in [0.717, 1.165) is 15.9 Å². The number of nitrogens with zero attached hydrogens (tertiary/aromatic N) is 2. The Kier molecular flexibility index (Phi) is 4.05. The number of hydrogen-bond acceptors (Lipinski definition) is 4. The number of carbonyl (C=O) groups is 1. The molecule has 0 aliphatic carbocycles. The van der Waals surface area contributed by atoms with Gasteiger partial charge in [0.25, 0.3) is 5.91 Å². The average molecular weight is 303 g/mol. The summed E-state index contributed by atoms with van der Waals surface area (Å²) in [7, 11) is 0. The van der Waals surface area contributed by atoms with Crippen LogP contribution in [0.2, 0.25) is 0 Å². The van der Waals surface area contributed by atoms with Gasteiger partial charge in [0.2, 0.25) is 0 Å². The predicted molar refractivity (Wildman–Crippen MR) is 89.8 cm³/mol. The lowest BCUT2D eigenvalue weighted by atomic mass is 10.1. The maximum atomic E-state index is 12.8. The fourth-order valence-corrected chi connectivity index (χ4v) is 3.25. The van der Waals surface area contributed by atoms with Crippen LogP contribution in [0.1, 0.15) is 36.1 Å². The van der Waals surface area contributed by atoms with E-state index in [4.69, 9.17) is 5.73 Å². The number of aromatic nitrogens is 1. The van der Waals surface area contributed by atoms with Crippen molar-refractivity contribution in [3.05, 3.63) is 35.4 Å². The zero-order chi connectivity index (χ0) is 15.8. The summed E-state index contributed by atoms with van der Waals surface area (Å²) in [5.74, 6) is -0.0689. The first-order valence-electron chi connectivity index (χ1n) is 6.84. The standard InChI is InChI=1S/C16H21N3OS/c1-6-9-19(16(3,4)5)15(20)13-12(17)11-8-7-10(2)18-14(11)21-13/h6-8H,1,9,17H2,2-5H3. The highest BCUT2D eigenvalue weighted by molar-refractivity contribution is 7.21. The summed E-state index contributed by atoms with van der Waals surface area (Å²) < 4.78 is 0. The highest BCUT2D eigenvalue weighted by Gasteiger charge is 2.29. The normalized spacial score (nSPS) is 11.6. The predicted octanol–water partition coefficient (Wildman–Crippen LogP) is 3.61. The van der Waals surface area contributed by atoms with Gasteiger partial charge in [0, 0.05) is 23.2 Å². The van der Waals surface area contributed by atoms with Gasteiger partial charge in [-0.05, 0) is 39.8 Å². The first-order chi connectivity index (χ1) is 9.75. The molecule has 0 aromatic carbocycles. The molecule has 0 fully saturated rings. The Bertz CT molecular complexity index is 697. The highest BCUT2D eigenvalue weighted by Crippen LogP contribution is 2.34. The summed E-state index contributed by atoms with van der Waals surface area (Å²) in [6.45, 7) is 12.1. The van der Waals surface area contributed by atoms with Crippen molar-refractivity contribution in [1.82, 2.24) is 9.88 Å². The Morgan fingerprint density at radius 1 is 1.48 bits per heavy atom. The lowest BCUT2D eigenvalue weighted by Crippen LogP contribution is -2.45. The first kappa shape index (κ1) is 15.5. The molecule has 2 aromatic rings. The van der Waals surface area contributed by atoms with E-state index in [1.54, 1.807) is 11.0 Å². The maximum absolute atomic E-state index is 12.8. The van der Waals surface area contributed by atoms with Crippen LogP contribution in [0.3, 0.4) is 0 Å². The van der Waals surface area contributed by atoms with Crippen LogP contribution in [0.25, 0.3) is 10.2 Å². The Balaban J connectivity index is 2.52. The van der Waals surface area contributed by atoms with Gasteiger partial charge in [0.15, 0.2) is 0 Å². The second-order valence-electron chi connectivity index (χ2n) is 6.03. The molecular weight excluding hydrogens is 282 g/mol. The number of thiophene rings is 1. The topological polar surface area (TPSA) is 59.2 Å². The fraction of sp³-hybridized carbons (Fsp3) is 0.375. The van der Waals surface area contributed by atoms with E-state index in [-0.39, 0.29) is 11.4 Å². The molecule has 0 unspecified atom stereocenters. The van der Waals surface area contributed by atoms with Gasteiger partial charge in [0.05, 0.1) is 5.69 Å². The fourth-order valence-electron chi connectivity index (χ4n) is 2.16. The van der Waals surface area contributed by atoms with Gasteiger partial charge >= 0.3 is 0 Å². The molecule has 0 atom stereocenters. The molecule has 112 valence electrons. The summed E-state index contributed by atoms with van der Waals surface area (Å²) in [5.41, 5.74) is 7.31. The van der Waals surface area contributed by atoms with Crippen LogP contribution in [0.4, 0.5) is 5.69 Å². The number of anilines is 1. The first-order valence-corrected chi connectivity index (χ1v) is 7.66. The summed E-state index contributed by atoms with van der Waals surface area (Å²) in [6.07, 6.45) is 1.73. The van der Waals surface area contributed by atoms with Gasteiger partial charge in [-0.25, -0.2) is 4.98 Å². The van der Waals surface area contributed by atoms with E-state index in [1.807, 2.05) is 39.8 Å². The van der Waals surface area contributed by atoms with Crippen molar-refractivity contribution in [2.24, 2.45) is 0 Å². The van der Waals surface area contributed by atoms with Crippen LogP contribution in [0.15, 0.2) is 24.8 Å². The minimum atomic E-state index is -0.294. The van der Waals surface area contributed by atoms with Crippen molar-refractivity contribution < 1.29 is 4.79 Å². The number of aryl methyl sites for hydroxylation is 1. The number of amides is 1. The molecule has 0 spiro atoms. The molecule has 2 heterocycles. The van der Waals surface area contributed by atoms with Crippen molar-refractivity contribution >= 4 is 33.1 Å². The Morgan fingerprint density at radius 3 is 2.71 bits per heavy atom. The molecular formula is C16H21N3OS. The van der Waals surface area contributed by atoms with E-state index in [1.165, 1.54) is 11.3 Å². The van der Waals surface area contributed by atoms with Gasteiger partial charge in [-0.3, -0.25) is 4.79 Å². The molecule has 2 aromatic heterocycles. The molecule has 1 amide bonds. The van der Waals surface area contributed by atoms with E-state index >= 15 is 0 Å². The maximum Gasteiger partial charge on any atom is 0.266 e. The van der Waals surface area contributed by atoms with Crippen LogP contribution < -0.4 is 5.73 Å². The number of nitrogens with two attached hydrogens (primary N) is 1. The number of hydrogen-bond donors (Lipinski definition) is 1. The zero-order valence-electron chi connectivity index (χ0n) is 12.9. The van der Waals surface area contributed by atoms with Crippen LogP contribution >= 0.6 is 11.3 Å². The summed E-state index contributed by atoms with van der Waals surface area (Å²) in [5, 5.41) is 0.849. The van der Waals surface area contributed by atoms with Gasteiger partial charge in [-0.2, -0.15) is 0 Å². The van der Waals surface area contributed by atoms with Gasteiger partial charge in [0.1, 0.15) is 9.71 Å². The number of rotatable bonds is 3. The van der Waals surface area contributed by atoms with Gasteiger partial charge < -0.3 is 10.6 Å². The lowest BCUT2D eigenvalue weighted by molar-refractivity contribution is 0.0623. The second kappa shape index (κ2) is 5.48. The largest absolute Gasteiger partial charge is 0.397 e. The molecule has 5 heteroatoms. The summed E-state index contributed by atoms with van der Waals surface area (Å²) in [4.78, 5) is 20.4. The number of nitrogen functional groups attached to an aromatic ring is 1. The molecule has 0 aliphatic rings. The smallest absolute Gasteiger partial charge is 0.266 e. The molecule has 0 saturated carbocycles. The number of pyridine rings is 1. The highest BCUT2D eigenvalue weighted by atomic mass is 32.1. The van der Waals surface area contributed by atoms with E-state index in [2.05, 4.69) is 11.6 Å². The minimum absolute atomic E-state index is 0.0689. The van der Waals surface area contributed by atoms with Crippen molar-refractivity contribution in [3.63, 3.8) is 0 Å². The Labute approximate surface area is 129 Å². The SMILES string of the molecule is C=CCN(C(=O)c1sc2nc(C)ccc2c1N)C(C)(C)C. The molecule has 4 nitrogen and oxygen atoms in total. The lowest BCUT2D eigenvalue weighted by Gasteiger charge is -2.34. The van der Waals surface area contributed by atoms with Crippen LogP contribution in [-0.4, -0.2) is 27.9 Å². The van der Waals surface area contributed by atoms with E-state index in [0.29, 0.717) is 17.1 Å². The molecule has 0 radical (unpaired) electrons. The molecule has 0 aliphatic heterocycles. The van der Waals surface area contributed by atoms with Crippen LogP contribution in [-0.2, 0) is 0 Å². The number of fused-ring (bicyclic) bond motifs is 1. The third kappa shape index (κ3) is 2.93. The second-order valence-corrected chi connectivity index (χ2v) is 7.02. The Hall–Kier alpha value is -1.88. The average Bonchev–Trinajstić information content (AvgIpc) is 2.70. The van der Waals surface area contributed by atoms with Crippen molar-refractivity contribution in [2.45, 2.75) is 33.2 Å². The molecule has 0 bridgehead atoms. The third-order valence-corrected chi connectivity index (χ3v) is 4.40. The Morgan fingerprint density at radius 2 is 2.14 bits per heavy atom. The van der Waals surface area contributed by atoms with Crippen molar-refractivity contribution in [3.8, 4) is 0 Å². The van der Waals surface area contributed by atoms with E-state index in [9.17, 15) is 4.79 Å². The molecule has 21 heavy (non-hydrogen) atoms. The molecule has 2 rings (SSSR count). The van der Waals surface area contributed by atoms with E-state index < -0.39 is 0 Å². The minimum Gasteiger partial charge on any atom is -0.397 e. The summed E-state index contributed by atoms with van der Waals surface area (Å²) >= 11 is 1.35. The van der Waals surface area contributed by atoms with Crippen LogP contribution in [0, 0.1) is 6.92 Å². The van der Waals surface area contributed by atoms with Crippen molar-refractivity contribution in [2.75, 3.05) is 12.3 Å². The van der Waals surface area contributed by atoms with Crippen molar-refractivity contribution in [1.29, 1.82) is 0 Å². The number of carbonyl (C=O) groups excluding carboxylic acids is 1. The quantitative estimate of drug-likeness (QED) is 0.881. The van der Waals surface area contributed by atoms with Crippen LogP contribution in [0.5, 0.6) is 0 Å². The molecule has 0 saturated heterocycles.